The van der Waals surface area contributed by atoms with Gasteiger partial charge in [0.15, 0.2) is 5.82 Å². The number of aryl methyl sites for hydroxylation is 1. The zero-order valence-electron chi connectivity index (χ0n) is 21.2. The fraction of sp³-hybridized carbons (Fsp3) is 0.172. The summed E-state index contributed by atoms with van der Waals surface area (Å²) in [6.45, 7) is 6.97. The number of rotatable bonds is 7. The predicted molar refractivity (Wildman–Crippen MR) is 153 cm³/mol. The molecule has 0 aliphatic rings. The molecule has 4 heterocycles. The van der Waals surface area contributed by atoms with Gasteiger partial charge < -0.3 is 4.74 Å². The number of aromatic nitrogens is 5. The Hall–Kier alpha value is -4.08. The van der Waals surface area contributed by atoms with Crippen LogP contribution >= 0.6 is 22.7 Å². The number of thiophene rings is 1. The first-order chi connectivity index (χ1) is 18.5. The van der Waals surface area contributed by atoms with E-state index in [1.54, 1.807) is 11.3 Å². The summed E-state index contributed by atoms with van der Waals surface area (Å²) in [5.74, 6) is 1.88. The van der Waals surface area contributed by atoms with Crippen molar-refractivity contribution in [3.8, 4) is 33.4 Å². The zero-order chi connectivity index (χ0) is 26.2. The van der Waals surface area contributed by atoms with Crippen molar-refractivity contribution >= 4 is 33.7 Å². The molecule has 6 aromatic rings. The lowest BCUT2D eigenvalue weighted by Crippen LogP contribution is -2.23. The Balaban J connectivity index is 1.45. The van der Waals surface area contributed by atoms with Crippen molar-refractivity contribution in [3.05, 3.63) is 98.3 Å². The lowest BCUT2D eigenvalue weighted by molar-refractivity contribution is 0.269. The third-order valence-electron chi connectivity index (χ3n) is 5.99. The van der Waals surface area contributed by atoms with Gasteiger partial charge in [0.1, 0.15) is 11.4 Å². The fourth-order valence-corrected chi connectivity index (χ4v) is 5.68. The number of nitrogens with zero attached hydrogens (tertiary/aromatic N) is 5. The number of thiazole rings is 1. The van der Waals surface area contributed by atoms with Crippen LogP contribution in [-0.2, 0) is 0 Å². The molecule has 9 heteroatoms. The van der Waals surface area contributed by atoms with Gasteiger partial charge in [-0.15, -0.1) is 16.4 Å². The number of hydrogen-bond donors (Lipinski definition) is 0. The molecule has 190 valence electrons. The van der Waals surface area contributed by atoms with Crippen molar-refractivity contribution in [2.24, 2.45) is 5.92 Å². The van der Waals surface area contributed by atoms with Crippen molar-refractivity contribution < 1.29 is 4.74 Å². The zero-order valence-corrected chi connectivity index (χ0v) is 22.8. The highest BCUT2D eigenvalue weighted by Gasteiger charge is 2.16. The molecular weight excluding hydrogens is 514 g/mol. The Morgan fingerprint density at radius 2 is 1.89 bits per heavy atom. The normalized spacial score (nSPS) is 12.2. The van der Waals surface area contributed by atoms with Crippen LogP contribution in [0.3, 0.4) is 0 Å². The lowest BCUT2D eigenvalue weighted by atomic mass is 10.0. The van der Waals surface area contributed by atoms with Gasteiger partial charge in [0.25, 0.3) is 5.56 Å². The number of fused-ring (bicyclic) bond motifs is 1. The maximum atomic E-state index is 13.3. The Kier molecular flexibility index (Phi) is 6.39. The number of para-hydroxylation sites is 1. The largest absolute Gasteiger partial charge is 0.493 e. The molecule has 0 radical (unpaired) electrons. The summed E-state index contributed by atoms with van der Waals surface area (Å²) in [6.07, 6.45) is 3.84. The van der Waals surface area contributed by atoms with E-state index in [0.717, 1.165) is 38.7 Å². The summed E-state index contributed by atoms with van der Waals surface area (Å²) in [4.78, 5) is 19.4. The molecule has 0 saturated carbocycles. The fourth-order valence-electron chi connectivity index (χ4n) is 4.13. The van der Waals surface area contributed by atoms with Gasteiger partial charge in [-0.05, 0) is 66.3 Å². The van der Waals surface area contributed by atoms with Crippen LogP contribution in [0.1, 0.15) is 25.0 Å². The summed E-state index contributed by atoms with van der Waals surface area (Å²) in [7, 11) is 0. The van der Waals surface area contributed by atoms with E-state index < -0.39 is 0 Å². The molecule has 0 bridgehead atoms. The minimum absolute atomic E-state index is 0.188. The second kappa shape index (κ2) is 10.00. The van der Waals surface area contributed by atoms with Crippen LogP contribution in [0.4, 0.5) is 0 Å². The van der Waals surface area contributed by atoms with Gasteiger partial charge in [-0.2, -0.15) is 14.6 Å². The van der Waals surface area contributed by atoms with Crippen LogP contribution in [0.15, 0.2) is 77.0 Å². The molecule has 0 spiro atoms. The van der Waals surface area contributed by atoms with Crippen molar-refractivity contribution in [1.82, 2.24) is 24.4 Å². The molecular formula is C29H25N5O2S2. The first-order valence-corrected chi connectivity index (χ1v) is 14.0. The Morgan fingerprint density at radius 1 is 1.05 bits per heavy atom. The molecule has 0 fully saturated rings. The summed E-state index contributed by atoms with van der Waals surface area (Å²) in [5, 5.41) is 11.4. The van der Waals surface area contributed by atoms with E-state index in [2.05, 4.69) is 30.0 Å². The van der Waals surface area contributed by atoms with Gasteiger partial charge >= 0.3 is 0 Å². The minimum Gasteiger partial charge on any atom is -0.493 e. The van der Waals surface area contributed by atoms with Crippen molar-refractivity contribution in [2.45, 2.75) is 20.8 Å². The number of benzene rings is 2. The molecule has 2 aromatic carbocycles. The van der Waals surface area contributed by atoms with Gasteiger partial charge in [0, 0.05) is 17.3 Å². The number of hydrogen-bond acceptors (Lipinski definition) is 7. The second-order valence-corrected chi connectivity index (χ2v) is 11.4. The van der Waals surface area contributed by atoms with Crippen LogP contribution in [0.25, 0.3) is 38.7 Å². The average molecular weight is 540 g/mol. The average Bonchev–Trinajstić information content (AvgIpc) is 3.70. The Labute approximate surface area is 227 Å². The molecule has 38 heavy (non-hydrogen) atoms. The molecule has 7 nitrogen and oxygen atoms in total. The molecule has 4 aromatic heterocycles. The molecule has 0 N–H and O–H groups in total. The van der Waals surface area contributed by atoms with Crippen molar-refractivity contribution in [2.75, 3.05) is 6.61 Å². The standard InChI is InChI=1S/C29H25N5O2S2/c1-18(2)17-36-23-12-11-20(14-19(23)3)26-21(16-33(31-26)22-8-5-4-6-9-22)15-25-28(35)34-29(38-25)30-27(32-34)24-10-7-13-37-24/h4-16,18H,17H2,1-3H3/b25-15-. The van der Waals surface area contributed by atoms with Crippen molar-refractivity contribution in [1.29, 1.82) is 0 Å². The molecule has 6 rings (SSSR count). The third kappa shape index (κ3) is 4.66. The van der Waals surface area contributed by atoms with Crippen LogP contribution in [-0.4, -0.2) is 31.0 Å². The first kappa shape index (κ1) is 24.3. The molecule has 0 unspecified atom stereocenters. The quantitative estimate of drug-likeness (QED) is 0.263. The van der Waals surface area contributed by atoms with Gasteiger partial charge in [-0.1, -0.05) is 49.4 Å². The van der Waals surface area contributed by atoms with E-state index in [9.17, 15) is 4.79 Å². The topological polar surface area (TPSA) is 74.3 Å². The molecule has 0 atom stereocenters. The van der Waals surface area contributed by atoms with E-state index in [0.29, 0.717) is 27.8 Å². The third-order valence-corrected chi connectivity index (χ3v) is 7.82. The monoisotopic (exact) mass is 539 g/mol. The predicted octanol–water partition coefficient (Wildman–Crippen LogP) is 5.62. The van der Waals surface area contributed by atoms with E-state index in [4.69, 9.17) is 9.84 Å². The van der Waals surface area contributed by atoms with Crippen LogP contribution in [0.2, 0.25) is 0 Å². The first-order valence-electron chi connectivity index (χ1n) is 12.3. The highest BCUT2D eigenvalue weighted by atomic mass is 32.1. The van der Waals surface area contributed by atoms with Crippen molar-refractivity contribution in [3.63, 3.8) is 0 Å². The number of ether oxygens (including phenoxy) is 1. The Morgan fingerprint density at radius 3 is 2.61 bits per heavy atom. The van der Waals surface area contributed by atoms with Gasteiger partial charge in [-0.3, -0.25) is 4.79 Å². The van der Waals surface area contributed by atoms with Crippen LogP contribution in [0.5, 0.6) is 5.75 Å². The van der Waals surface area contributed by atoms with Gasteiger partial charge in [0.05, 0.1) is 21.7 Å². The summed E-state index contributed by atoms with van der Waals surface area (Å²) >= 11 is 2.88. The highest BCUT2D eigenvalue weighted by Crippen LogP contribution is 2.29. The summed E-state index contributed by atoms with van der Waals surface area (Å²) < 4.78 is 9.76. The molecule has 0 aliphatic carbocycles. The SMILES string of the molecule is Cc1cc(-c2nn(-c3ccccc3)cc2/C=c2\sc3nc(-c4cccs4)nn3c2=O)ccc1OCC(C)C. The van der Waals surface area contributed by atoms with Crippen LogP contribution < -0.4 is 14.8 Å². The molecule has 0 amide bonds. The minimum atomic E-state index is -0.188. The maximum absolute atomic E-state index is 13.3. The van der Waals surface area contributed by atoms with Gasteiger partial charge in [-0.25, -0.2) is 4.68 Å². The summed E-state index contributed by atoms with van der Waals surface area (Å²) in [5.41, 5.74) is 4.36. The maximum Gasteiger partial charge on any atom is 0.291 e. The molecule has 0 saturated heterocycles. The van der Waals surface area contributed by atoms with Crippen LogP contribution in [0, 0.1) is 12.8 Å². The van der Waals surface area contributed by atoms with E-state index in [-0.39, 0.29) is 5.56 Å². The lowest BCUT2D eigenvalue weighted by Gasteiger charge is -2.12. The van der Waals surface area contributed by atoms with E-state index >= 15 is 0 Å². The Bertz CT molecular complexity index is 1830. The smallest absolute Gasteiger partial charge is 0.291 e. The molecule has 0 aliphatic heterocycles. The summed E-state index contributed by atoms with van der Waals surface area (Å²) in [6, 6.07) is 19.9. The van der Waals surface area contributed by atoms with Gasteiger partial charge in [0.2, 0.25) is 4.96 Å². The second-order valence-electron chi connectivity index (χ2n) is 9.42. The van der Waals surface area contributed by atoms with E-state index in [1.165, 1.54) is 15.9 Å². The highest BCUT2D eigenvalue weighted by molar-refractivity contribution is 7.15. The van der Waals surface area contributed by atoms with E-state index in [1.807, 2.05) is 83.9 Å².